The summed E-state index contributed by atoms with van der Waals surface area (Å²) in [6, 6.07) is 5.49. The van der Waals surface area contributed by atoms with Gasteiger partial charge in [0, 0.05) is 24.9 Å². The summed E-state index contributed by atoms with van der Waals surface area (Å²) >= 11 is 6.00. The molecule has 0 spiro atoms. The second-order valence-corrected chi connectivity index (χ2v) is 4.67. The molecule has 0 unspecified atom stereocenters. The number of rotatable bonds is 3. The third-order valence-corrected chi connectivity index (χ3v) is 3.10. The molecular formula is C12H12ClN5O. The molecule has 7 heteroatoms. The number of nitrogen functional groups attached to an aromatic ring is 1. The van der Waals surface area contributed by atoms with Crippen molar-refractivity contribution in [3.05, 3.63) is 34.9 Å². The van der Waals surface area contributed by atoms with Gasteiger partial charge in [-0.25, -0.2) is 4.98 Å². The van der Waals surface area contributed by atoms with Crippen molar-refractivity contribution in [2.24, 2.45) is 0 Å². The van der Waals surface area contributed by atoms with Gasteiger partial charge in [0.2, 0.25) is 11.8 Å². The Bertz CT molecular complexity index is 733. The number of anilines is 1. The number of hydrogen-bond acceptors (Lipinski definition) is 5. The summed E-state index contributed by atoms with van der Waals surface area (Å²) in [5, 5.41) is 4.51. The zero-order valence-corrected chi connectivity index (χ0v) is 11.1. The molecule has 0 radical (unpaired) electrons. The lowest BCUT2D eigenvalue weighted by Gasteiger charge is -2.04. The number of halogens is 1. The molecule has 0 atom stereocenters. The van der Waals surface area contributed by atoms with E-state index < -0.39 is 0 Å². The molecule has 2 heterocycles. The van der Waals surface area contributed by atoms with Gasteiger partial charge in [0.25, 0.3) is 0 Å². The van der Waals surface area contributed by atoms with Gasteiger partial charge in [-0.1, -0.05) is 16.8 Å². The van der Waals surface area contributed by atoms with E-state index >= 15 is 0 Å². The fourth-order valence-corrected chi connectivity index (χ4v) is 2.17. The number of fused-ring (bicyclic) bond motifs is 1. The Balaban J connectivity index is 1.91. The molecule has 2 N–H and O–H groups in total. The lowest BCUT2D eigenvalue weighted by molar-refractivity contribution is 0.386. The molecule has 0 amide bonds. The zero-order valence-electron chi connectivity index (χ0n) is 10.3. The van der Waals surface area contributed by atoms with Crippen molar-refractivity contribution in [1.82, 2.24) is 19.7 Å². The molecule has 0 aliphatic rings. The lowest BCUT2D eigenvalue weighted by Crippen LogP contribution is -2.06. The average molecular weight is 278 g/mol. The third kappa shape index (κ3) is 2.26. The molecular weight excluding hydrogens is 266 g/mol. The molecule has 0 saturated carbocycles. The van der Waals surface area contributed by atoms with Crippen molar-refractivity contribution in [3.8, 4) is 0 Å². The van der Waals surface area contributed by atoms with Crippen molar-refractivity contribution >= 4 is 28.6 Å². The van der Waals surface area contributed by atoms with E-state index in [1.165, 1.54) is 0 Å². The summed E-state index contributed by atoms with van der Waals surface area (Å²) in [4.78, 5) is 8.45. The number of nitrogens with two attached hydrogens (primary N) is 1. The van der Waals surface area contributed by atoms with E-state index in [9.17, 15) is 0 Å². The van der Waals surface area contributed by atoms with E-state index in [0.717, 1.165) is 11.0 Å². The first-order chi connectivity index (χ1) is 9.13. The molecule has 0 aliphatic heterocycles. The molecule has 3 rings (SSSR count). The Labute approximate surface area is 114 Å². The minimum atomic E-state index is 0.456. The van der Waals surface area contributed by atoms with Crippen LogP contribution in [0.1, 0.15) is 11.7 Å². The van der Waals surface area contributed by atoms with E-state index in [-0.39, 0.29) is 0 Å². The van der Waals surface area contributed by atoms with E-state index in [4.69, 9.17) is 21.9 Å². The fraction of sp³-hybridized carbons (Fsp3) is 0.250. The summed E-state index contributed by atoms with van der Waals surface area (Å²) in [5.74, 6) is 1.67. The smallest absolute Gasteiger partial charge is 0.223 e. The van der Waals surface area contributed by atoms with Crippen LogP contribution in [0.5, 0.6) is 0 Å². The Morgan fingerprint density at radius 2 is 2.21 bits per heavy atom. The SMILES string of the molecule is Cc1nc(CCn2c(N)nc3ccc(Cl)cc32)no1. The van der Waals surface area contributed by atoms with Gasteiger partial charge in [0.15, 0.2) is 5.82 Å². The van der Waals surface area contributed by atoms with Crippen LogP contribution in [-0.2, 0) is 13.0 Å². The molecule has 98 valence electrons. The van der Waals surface area contributed by atoms with Crippen LogP contribution in [0.15, 0.2) is 22.7 Å². The summed E-state index contributed by atoms with van der Waals surface area (Å²) in [5.41, 5.74) is 7.65. The van der Waals surface area contributed by atoms with Crippen LogP contribution in [0, 0.1) is 6.92 Å². The first-order valence-corrected chi connectivity index (χ1v) is 6.22. The topological polar surface area (TPSA) is 82.8 Å². The molecule has 2 aromatic heterocycles. The lowest BCUT2D eigenvalue weighted by atomic mass is 10.3. The molecule has 0 bridgehead atoms. The Kier molecular flexibility index (Phi) is 2.87. The maximum atomic E-state index is 6.00. The monoisotopic (exact) mass is 277 g/mol. The van der Waals surface area contributed by atoms with Gasteiger partial charge in [0.1, 0.15) is 0 Å². The van der Waals surface area contributed by atoms with Gasteiger partial charge in [-0.3, -0.25) is 0 Å². The molecule has 6 nitrogen and oxygen atoms in total. The van der Waals surface area contributed by atoms with Gasteiger partial charge < -0.3 is 14.8 Å². The van der Waals surface area contributed by atoms with Crippen molar-refractivity contribution in [2.45, 2.75) is 19.9 Å². The van der Waals surface area contributed by atoms with Crippen LogP contribution < -0.4 is 5.73 Å². The van der Waals surface area contributed by atoms with E-state index in [1.807, 2.05) is 16.7 Å². The summed E-state index contributed by atoms with van der Waals surface area (Å²) in [6.07, 6.45) is 0.625. The molecule has 0 saturated heterocycles. The van der Waals surface area contributed by atoms with Crippen LogP contribution >= 0.6 is 11.6 Å². The van der Waals surface area contributed by atoms with Crippen LogP contribution in [0.2, 0.25) is 5.02 Å². The van der Waals surface area contributed by atoms with E-state index in [2.05, 4.69) is 15.1 Å². The van der Waals surface area contributed by atoms with Crippen LogP contribution in [0.3, 0.4) is 0 Å². The maximum absolute atomic E-state index is 6.00. The normalized spacial score (nSPS) is 11.3. The highest BCUT2D eigenvalue weighted by atomic mass is 35.5. The van der Waals surface area contributed by atoms with Crippen molar-refractivity contribution in [1.29, 1.82) is 0 Å². The molecule has 19 heavy (non-hydrogen) atoms. The number of benzene rings is 1. The molecule has 0 aliphatic carbocycles. The van der Waals surface area contributed by atoms with Gasteiger partial charge in [-0.05, 0) is 18.2 Å². The van der Waals surface area contributed by atoms with Crippen molar-refractivity contribution < 1.29 is 4.52 Å². The molecule has 1 aromatic carbocycles. The predicted molar refractivity (Wildman–Crippen MR) is 71.9 cm³/mol. The first-order valence-electron chi connectivity index (χ1n) is 5.84. The predicted octanol–water partition coefficient (Wildman–Crippen LogP) is 2.21. The Hall–Kier alpha value is -2.08. The Morgan fingerprint density at radius 3 is 2.95 bits per heavy atom. The Morgan fingerprint density at radius 1 is 1.37 bits per heavy atom. The number of aryl methyl sites for hydroxylation is 3. The number of nitrogens with zero attached hydrogens (tertiary/aromatic N) is 4. The van der Waals surface area contributed by atoms with Crippen LogP contribution in [-0.4, -0.2) is 19.7 Å². The summed E-state index contributed by atoms with van der Waals surface area (Å²) < 4.78 is 6.83. The quantitative estimate of drug-likeness (QED) is 0.793. The van der Waals surface area contributed by atoms with Gasteiger partial charge >= 0.3 is 0 Å². The summed E-state index contributed by atoms with van der Waals surface area (Å²) in [6.45, 7) is 2.39. The minimum Gasteiger partial charge on any atom is -0.369 e. The largest absolute Gasteiger partial charge is 0.369 e. The van der Waals surface area contributed by atoms with Crippen LogP contribution in [0.4, 0.5) is 5.95 Å². The number of imidazole rings is 1. The highest BCUT2D eigenvalue weighted by molar-refractivity contribution is 6.31. The van der Waals surface area contributed by atoms with E-state index in [1.54, 1.807) is 13.0 Å². The summed E-state index contributed by atoms with van der Waals surface area (Å²) in [7, 11) is 0. The maximum Gasteiger partial charge on any atom is 0.223 e. The van der Waals surface area contributed by atoms with Crippen molar-refractivity contribution in [2.75, 3.05) is 5.73 Å². The third-order valence-electron chi connectivity index (χ3n) is 2.87. The zero-order chi connectivity index (χ0) is 13.4. The molecule has 0 fully saturated rings. The van der Waals surface area contributed by atoms with Crippen molar-refractivity contribution in [3.63, 3.8) is 0 Å². The molecule has 3 aromatic rings. The second-order valence-electron chi connectivity index (χ2n) is 4.23. The van der Waals surface area contributed by atoms with E-state index in [0.29, 0.717) is 35.7 Å². The highest BCUT2D eigenvalue weighted by Crippen LogP contribution is 2.22. The van der Waals surface area contributed by atoms with Gasteiger partial charge in [-0.2, -0.15) is 4.98 Å². The standard InChI is InChI=1S/C12H12ClN5O/c1-7-15-11(17-19-7)4-5-18-10-6-8(13)2-3-9(10)16-12(18)14/h2-3,6H,4-5H2,1H3,(H2,14,16). The van der Waals surface area contributed by atoms with Gasteiger partial charge in [-0.15, -0.1) is 0 Å². The van der Waals surface area contributed by atoms with Gasteiger partial charge in [0.05, 0.1) is 11.0 Å². The average Bonchev–Trinajstić information content (AvgIpc) is 2.90. The highest BCUT2D eigenvalue weighted by Gasteiger charge is 2.10. The fourth-order valence-electron chi connectivity index (χ4n) is 2.00. The number of hydrogen-bond donors (Lipinski definition) is 1. The van der Waals surface area contributed by atoms with Crippen LogP contribution in [0.25, 0.3) is 11.0 Å². The number of aromatic nitrogens is 4. The minimum absolute atomic E-state index is 0.456. The second kappa shape index (κ2) is 4.55. The first kappa shape index (κ1) is 12.0.